The average molecular weight is 298 g/mol. The number of piperidine rings is 1. The first kappa shape index (κ1) is 11.7. The lowest BCUT2D eigenvalue weighted by Crippen LogP contribution is -2.28. The highest BCUT2D eigenvalue weighted by atomic mass is 79.9. The van der Waals surface area contributed by atoms with E-state index < -0.39 is 0 Å². The highest BCUT2D eigenvalue weighted by molar-refractivity contribution is 9.10. The molecule has 94 valence electrons. The van der Waals surface area contributed by atoms with E-state index in [-0.39, 0.29) is 0 Å². The molecule has 3 rings (SSSR count). The number of hydrogen-bond donors (Lipinski definition) is 1. The Hall–Kier alpha value is -0.350. The summed E-state index contributed by atoms with van der Waals surface area (Å²) in [5.41, 5.74) is 1.43. The summed E-state index contributed by atoms with van der Waals surface area (Å²) in [5, 5.41) is 3.43. The lowest BCUT2D eigenvalue weighted by atomic mass is 9.95. The van der Waals surface area contributed by atoms with Crippen LogP contribution in [0.2, 0.25) is 0 Å². The Morgan fingerprint density at radius 3 is 2.82 bits per heavy atom. The SMILES string of the molecule is CC1CCCn2c(C3CCNCC3)nc(Br)c21. The monoisotopic (exact) mass is 297 g/mol. The zero-order chi connectivity index (χ0) is 11.8. The van der Waals surface area contributed by atoms with Gasteiger partial charge >= 0.3 is 0 Å². The van der Waals surface area contributed by atoms with Crippen LogP contribution in [0.1, 0.15) is 56.0 Å². The molecule has 0 bridgehead atoms. The van der Waals surface area contributed by atoms with Crippen LogP contribution in [0.25, 0.3) is 0 Å². The standard InChI is InChI=1S/C13H20BrN3/c1-9-3-2-8-17-11(9)12(14)16-13(17)10-4-6-15-7-5-10/h9-10,15H,2-8H2,1H3. The molecule has 1 aromatic heterocycles. The zero-order valence-electron chi connectivity index (χ0n) is 10.4. The van der Waals surface area contributed by atoms with Gasteiger partial charge in [-0.15, -0.1) is 0 Å². The molecule has 17 heavy (non-hydrogen) atoms. The molecule has 2 aliphatic heterocycles. The maximum absolute atomic E-state index is 4.82. The van der Waals surface area contributed by atoms with Gasteiger partial charge in [0.1, 0.15) is 10.4 Å². The summed E-state index contributed by atoms with van der Waals surface area (Å²) in [6.07, 6.45) is 5.07. The minimum Gasteiger partial charge on any atom is -0.330 e. The van der Waals surface area contributed by atoms with E-state index >= 15 is 0 Å². The van der Waals surface area contributed by atoms with Gasteiger partial charge in [-0.3, -0.25) is 0 Å². The maximum atomic E-state index is 4.82. The van der Waals surface area contributed by atoms with Gasteiger partial charge in [0.15, 0.2) is 0 Å². The second kappa shape index (κ2) is 4.73. The van der Waals surface area contributed by atoms with E-state index in [0.29, 0.717) is 11.8 Å². The third kappa shape index (κ3) is 2.06. The Bertz CT molecular complexity index is 407. The molecule has 3 nitrogen and oxygen atoms in total. The Labute approximate surface area is 111 Å². The van der Waals surface area contributed by atoms with E-state index in [4.69, 9.17) is 4.98 Å². The van der Waals surface area contributed by atoms with Crippen molar-refractivity contribution < 1.29 is 0 Å². The average Bonchev–Trinajstić information content (AvgIpc) is 2.69. The number of halogens is 1. The predicted octanol–water partition coefficient (Wildman–Crippen LogP) is 3.01. The minimum absolute atomic E-state index is 0.654. The second-order valence-electron chi connectivity index (χ2n) is 5.37. The topological polar surface area (TPSA) is 29.9 Å². The molecule has 1 unspecified atom stereocenters. The fraction of sp³-hybridized carbons (Fsp3) is 0.769. The zero-order valence-corrected chi connectivity index (χ0v) is 12.0. The summed E-state index contributed by atoms with van der Waals surface area (Å²) in [4.78, 5) is 4.82. The third-order valence-electron chi connectivity index (χ3n) is 4.18. The van der Waals surface area contributed by atoms with Crippen LogP contribution in [-0.2, 0) is 6.54 Å². The lowest BCUT2D eigenvalue weighted by Gasteiger charge is -2.27. The first-order valence-corrected chi connectivity index (χ1v) is 7.53. The predicted molar refractivity (Wildman–Crippen MR) is 72.4 cm³/mol. The van der Waals surface area contributed by atoms with Crippen LogP contribution in [0.3, 0.4) is 0 Å². The van der Waals surface area contributed by atoms with Crippen molar-refractivity contribution in [2.24, 2.45) is 0 Å². The number of imidazole rings is 1. The van der Waals surface area contributed by atoms with Crippen LogP contribution in [0.4, 0.5) is 0 Å². The fourth-order valence-corrected chi connectivity index (χ4v) is 4.03. The number of nitrogens with zero attached hydrogens (tertiary/aromatic N) is 2. The Balaban J connectivity index is 1.97. The van der Waals surface area contributed by atoms with E-state index in [9.17, 15) is 0 Å². The highest BCUT2D eigenvalue weighted by Crippen LogP contribution is 2.37. The Kier molecular flexibility index (Phi) is 3.26. The lowest BCUT2D eigenvalue weighted by molar-refractivity contribution is 0.404. The van der Waals surface area contributed by atoms with E-state index in [2.05, 4.69) is 32.7 Å². The van der Waals surface area contributed by atoms with Gasteiger partial charge in [0, 0.05) is 12.5 Å². The smallest absolute Gasteiger partial charge is 0.127 e. The van der Waals surface area contributed by atoms with Crippen LogP contribution < -0.4 is 5.32 Å². The number of fused-ring (bicyclic) bond motifs is 1. The molecular weight excluding hydrogens is 278 g/mol. The summed E-state index contributed by atoms with van der Waals surface area (Å²) in [5.74, 6) is 2.65. The van der Waals surface area contributed by atoms with Gasteiger partial charge in [-0.25, -0.2) is 4.98 Å². The molecule has 0 saturated carbocycles. The quantitative estimate of drug-likeness (QED) is 0.863. The van der Waals surface area contributed by atoms with Crippen LogP contribution in [0.15, 0.2) is 4.60 Å². The van der Waals surface area contributed by atoms with Gasteiger partial charge in [-0.05, 0) is 60.6 Å². The minimum atomic E-state index is 0.654. The summed E-state index contributed by atoms with van der Waals surface area (Å²) >= 11 is 3.66. The third-order valence-corrected chi connectivity index (χ3v) is 4.76. The van der Waals surface area contributed by atoms with E-state index in [1.54, 1.807) is 0 Å². The van der Waals surface area contributed by atoms with Crippen molar-refractivity contribution in [1.82, 2.24) is 14.9 Å². The molecule has 4 heteroatoms. The molecule has 1 saturated heterocycles. The number of rotatable bonds is 1. The van der Waals surface area contributed by atoms with Crippen LogP contribution >= 0.6 is 15.9 Å². The van der Waals surface area contributed by atoms with E-state index in [0.717, 1.165) is 24.2 Å². The Morgan fingerprint density at radius 1 is 1.29 bits per heavy atom. The molecule has 1 aromatic rings. The largest absolute Gasteiger partial charge is 0.330 e. The molecule has 1 fully saturated rings. The molecule has 0 amide bonds. The molecule has 0 spiro atoms. The first-order chi connectivity index (χ1) is 8.27. The molecule has 0 radical (unpaired) electrons. The van der Waals surface area contributed by atoms with Gasteiger partial charge in [0.25, 0.3) is 0 Å². The summed E-state index contributed by atoms with van der Waals surface area (Å²) in [6.45, 7) is 5.77. The van der Waals surface area contributed by atoms with Crippen LogP contribution in [0.5, 0.6) is 0 Å². The van der Waals surface area contributed by atoms with E-state index in [1.807, 2.05) is 0 Å². The summed E-state index contributed by atoms with van der Waals surface area (Å²) in [7, 11) is 0. The van der Waals surface area contributed by atoms with Crippen molar-refractivity contribution in [3.63, 3.8) is 0 Å². The first-order valence-electron chi connectivity index (χ1n) is 6.74. The van der Waals surface area contributed by atoms with Crippen molar-refractivity contribution in [2.45, 2.75) is 51.0 Å². The van der Waals surface area contributed by atoms with Gasteiger partial charge < -0.3 is 9.88 Å². The fourth-order valence-electron chi connectivity index (χ4n) is 3.24. The maximum Gasteiger partial charge on any atom is 0.127 e. The van der Waals surface area contributed by atoms with Crippen molar-refractivity contribution in [3.8, 4) is 0 Å². The van der Waals surface area contributed by atoms with Crippen LogP contribution in [0, 0.1) is 0 Å². The molecular formula is C13H20BrN3. The second-order valence-corrected chi connectivity index (χ2v) is 6.12. The molecule has 1 N–H and O–H groups in total. The van der Waals surface area contributed by atoms with Gasteiger partial charge in [0.2, 0.25) is 0 Å². The van der Waals surface area contributed by atoms with Gasteiger partial charge in [-0.2, -0.15) is 0 Å². The van der Waals surface area contributed by atoms with Crippen molar-refractivity contribution in [2.75, 3.05) is 13.1 Å². The highest BCUT2D eigenvalue weighted by Gasteiger charge is 2.28. The van der Waals surface area contributed by atoms with Crippen molar-refractivity contribution >= 4 is 15.9 Å². The molecule has 0 aliphatic carbocycles. The molecule has 2 aliphatic rings. The number of hydrogen-bond acceptors (Lipinski definition) is 2. The molecule has 1 atom stereocenters. The van der Waals surface area contributed by atoms with Gasteiger partial charge in [0.05, 0.1) is 5.69 Å². The number of aromatic nitrogens is 2. The van der Waals surface area contributed by atoms with E-state index in [1.165, 1.54) is 37.2 Å². The number of nitrogens with one attached hydrogen (secondary N) is 1. The van der Waals surface area contributed by atoms with Gasteiger partial charge in [-0.1, -0.05) is 6.92 Å². The van der Waals surface area contributed by atoms with Crippen LogP contribution in [-0.4, -0.2) is 22.6 Å². The van der Waals surface area contributed by atoms with Crippen molar-refractivity contribution in [1.29, 1.82) is 0 Å². The normalized spacial score (nSPS) is 25.9. The Morgan fingerprint density at radius 2 is 2.06 bits per heavy atom. The van der Waals surface area contributed by atoms with Crippen molar-refractivity contribution in [3.05, 3.63) is 16.1 Å². The molecule has 0 aromatic carbocycles. The summed E-state index contributed by atoms with van der Waals surface area (Å²) in [6, 6.07) is 0. The molecule has 3 heterocycles. The summed E-state index contributed by atoms with van der Waals surface area (Å²) < 4.78 is 3.59.